The molecular formula is C30H40Cl2N4O2. The first-order chi connectivity index (χ1) is 18.4. The Labute approximate surface area is 237 Å². The molecule has 0 aromatic heterocycles. The molecule has 2 aromatic rings. The van der Waals surface area contributed by atoms with Crippen molar-refractivity contribution in [2.24, 2.45) is 5.10 Å². The summed E-state index contributed by atoms with van der Waals surface area (Å²) in [4.78, 5) is 15.1. The van der Waals surface area contributed by atoms with Crippen molar-refractivity contribution in [1.29, 1.82) is 0 Å². The molecule has 8 heteroatoms. The van der Waals surface area contributed by atoms with Gasteiger partial charge in [-0.25, -0.2) is 0 Å². The minimum absolute atomic E-state index is 0.0259. The number of hydrogen-bond donors (Lipinski definition) is 2. The maximum atomic E-state index is 12.7. The third-order valence-electron chi connectivity index (χ3n) is 6.11. The third-order valence-corrected chi connectivity index (χ3v) is 6.55. The van der Waals surface area contributed by atoms with Crippen LogP contribution in [0, 0.1) is 0 Å². The topological polar surface area (TPSA) is 66.0 Å². The molecular weight excluding hydrogens is 519 g/mol. The van der Waals surface area contributed by atoms with E-state index in [9.17, 15) is 4.79 Å². The number of hydrogen-bond acceptors (Lipinski definition) is 5. The molecule has 1 unspecified atom stereocenters. The van der Waals surface area contributed by atoms with Gasteiger partial charge in [0, 0.05) is 27.4 Å². The van der Waals surface area contributed by atoms with E-state index in [1.807, 2.05) is 38.1 Å². The molecule has 0 saturated heterocycles. The Morgan fingerprint density at radius 1 is 1.11 bits per heavy atom. The van der Waals surface area contributed by atoms with Gasteiger partial charge in [-0.1, -0.05) is 73.5 Å². The summed E-state index contributed by atoms with van der Waals surface area (Å²) in [6.07, 6.45) is 7.30. The molecule has 0 aliphatic rings. The molecule has 2 N–H and O–H groups in total. The predicted molar refractivity (Wildman–Crippen MR) is 160 cm³/mol. The van der Waals surface area contributed by atoms with Gasteiger partial charge in [0.15, 0.2) is 0 Å². The summed E-state index contributed by atoms with van der Waals surface area (Å²) < 4.78 is 5.64. The molecule has 0 aliphatic carbocycles. The average Bonchev–Trinajstić information content (AvgIpc) is 2.91. The molecule has 38 heavy (non-hydrogen) atoms. The Hall–Kier alpha value is -2.80. The highest BCUT2D eigenvalue weighted by Gasteiger charge is 2.15. The van der Waals surface area contributed by atoms with Crippen LogP contribution < -0.4 is 10.7 Å². The Bertz CT molecular complexity index is 1060. The Balaban J connectivity index is 1.95. The Morgan fingerprint density at radius 2 is 1.79 bits per heavy atom. The first-order valence-corrected chi connectivity index (χ1v) is 13.9. The monoisotopic (exact) mass is 558 g/mol. The lowest BCUT2D eigenvalue weighted by Crippen LogP contribution is -2.30. The van der Waals surface area contributed by atoms with Crippen LogP contribution in [0.1, 0.15) is 64.1 Å². The van der Waals surface area contributed by atoms with Crippen LogP contribution in [-0.2, 0) is 9.53 Å². The van der Waals surface area contributed by atoms with Crippen molar-refractivity contribution in [2.75, 3.05) is 26.2 Å². The maximum absolute atomic E-state index is 12.7. The molecule has 0 heterocycles. The minimum Gasteiger partial charge on any atom is -0.501 e. The highest BCUT2D eigenvalue weighted by molar-refractivity contribution is 6.35. The Kier molecular flexibility index (Phi) is 14.6. The number of amides is 1. The number of halogens is 2. The number of carbonyl (C=O) groups excluding carboxylic acids is 1. The largest absolute Gasteiger partial charge is 0.501 e. The standard InChI is InChI=1S/C30H40Cl2N4O2/c1-5-23(4)34-35-29(25-20-26(31)22-27(32)21-25)15-18-38-19-16-30(37)33-28(24-12-9-8-10-13-24)14-11-17-36(6-2)7-3/h5,8-10,12-13,15,18,20-22,28,34H,6-7,11,14,16-17,19H2,1-4H3,(H,33,37)/b18-15+,23-5+,35-29+. The molecule has 0 saturated carbocycles. The number of hydrazone groups is 1. The second-order valence-corrected chi connectivity index (χ2v) is 9.73. The number of allylic oxidation sites excluding steroid dienone is 3. The normalized spacial score (nSPS) is 13.1. The fraction of sp³-hybridized carbons (Fsp3) is 0.400. The lowest BCUT2D eigenvalue weighted by Gasteiger charge is -2.22. The van der Waals surface area contributed by atoms with Crippen molar-refractivity contribution in [3.05, 3.63) is 93.8 Å². The lowest BCUT2D eigenvalue weighted by atomic mass is 10.0. The fourth-order valence-electron chi connectivity index (χ4n) is 3.78. The van der Waals surface area contributed by atoms with E-state index in [1.165, 1.54) is 6.26 Å². The van der Waals surface area contributed by atoms with E-state index >= 15 is 0 Å². The van der Waals surface area contributed by atoms with Crippen LogP contribution in [0.4, 0.5) is 0 Å². The molecule has 0 spiro atoms. The number of carbonyl (C=O) groups is 1. The summed E-state index contributed by atoms with van der Waals surface area (Å²) in [5.41, 5.74) is 6.34. The highest BCUT2D eigenvalue weighted by atomic mass is 35.5. The Morgan fingerprint density at radius 3 is 2.42 bits per heavy atom. The van der Waals surface area contributed by atoms with Gasteiger partial charge in [0.2, 0.25) is 5.91 Å². The van der Waals surface area contributed by atoms with Crippen molar-refractivity contribution in [1.82, 2.24) is 15.6 Å². The van der Waals surface area contributed by atoms with Gasteiger partial charge in [0.1, 0.15) is 0 Å². The van der Waals surface area contributed by atoms with Crippen molar-refractivity contribution in [3.8, 4) is 0 Å². The zero-order valence-corrected chi connectivity index (χ0v) is 24.4. The van der Waals surface area contributed by atoms with Crippen LogP contribution in [0.15, 0.2) is 77.7 Å². The number of nitrogens with one attached hydrogen (secondary N) is 2. The third kappa shape index (κ3) is 11.7. The van der Waals surface area contributed by atoms with Crippen LogP contribution in [0.25, 0.3) is 0 Å². The van der Waals surface area contributed by atoms with Crippen molar-refractivity contribution in [3.63, 3.8) is 0 Å². The summed E-state index contributed by atoms with van der Waals surface area (Å²) in [5.74, 6) is -0.0454. The smallest absolute Gasteiger partial charge is 0.223 e. The van der Waals surface area contributed by atoms with Crippen molar-refractivity contribution >= 4 is 34.8 Å². The van der Waals surface area contributed by atoms with E-state index in [0.29, 0.717) is 15.8 Å². The van der Waals surface area contributed by atoms with Gasteiger partial charge in [-0.05, 0) is 70.1 Å². The quantitative estimate of drug-likeness (QED) is 0.0996. The number of ether oxygens (including phenoxy) is 1. The molecule has 206 valence electrons. The van der Waals surface area contributed by atoms with E-state index < -0.39 is 0 Å². The van der Waals surface area contributed by atoms with Crippen LogP contribution >= 0.6 is 23.2 Å². The summed E-state index contributed by atoms with van der Waals surface area (Å²) in [6.45, 7) is 11.5. The average molecular weight is 560 g/mol. The van der Waals surface area contributed by atoms with E-state index in [-0.39, 0.29) is 25.0 Å². The number of benzene rings is 2. The van der Waals surface area contributed by atoms with Gasteiger partial charge in [0.25, 0.3) is 0 Å². The minimum atomic E-state index is -0.0454. The SMILES string of the molecule is C/C=C(\C)N/N=C(\C=C\OCCC(=O)NC(CCCN(CC)CC)c1ccccc1)c1cc(Cl)cc(Cl)c1. The van der Waals surface area contributed by atoms with Crippen LogP contribution in [0.3, 0.4) is 0 Å². The van der Waals surface area contributed by atoms with E-state index in [2.05, 4.69) is 46.7 Å². The zero-order valence-electron chi connectivity index (χ0n) is 22.8. The van der Waals surface area contributed by atoms with Crippen LogP contribution in [0.5, 0.6) is 0 Å². The predicted octanol–water partition coefficient (Wildman–Crippen LogP) is 7.11. The molecule has 2 rings (SSSR count). The molecule has 0 bridgehead atoms. The number of nitrogens with zero attached hydrogens (tertiary/aromatic N) is 2. The maximum Gasteiger partial charge on any atom is 0.223 e. The molecule has 1 amide bonds. The van der Waals surface area contributed by atoms with E-state index in [1.54, 1.807) is 24.3 Å². The molecule has 1 atom stereocenters. The summed E-state index contributed by atoms with van der Waals surface area (Å²) in [7, 11) is 0. The number of rotatable bonds is 16. The van der Waals surface area contributed by atoms with Crippen molar-refractivity contribution < 1.29 is 9.53 Å². The molecule has 2 aromatic carbocycles. The lowest BCUT2D eigenvalue weighted by molar-refractivity contribution is -0.122. The summed E-state index contributed by atoms with van der Waals surface area (Å²) in [6, 6.07) is 15.3. The van der Waals surface area contributed by atoms with E-state index in [0.717, 1.165) is 49.3 Å². The van der Waals surface area contributed by atoms with Crippen LogP contribution in [0.2, 0.25) is 10.0 Å². The first kappa shape index (κ1) is 31.4. The van der Waals surface area contributed by atoms with Gasteiger partial charge >= 0.3 is 0 Å². The van der Waals surface area contributed by atoms with Gasteiger partial charge in [0.05, 0.1) is 31.0 Å². The van der Waals surface area contributed by atoms with Gasteiger partial charge in [-0.3, -0.25) is 10.2 Å². The summed E-state index contributed by atoms with van der Waals surface area (Å²) >= 11 is 12.4. The summed E-state index contributed by atoms with van der Waals surface area (Å²) in [5, 5.41) is 8.65. The van der Waals surface area contributed by atoms with Gasteiger partial charge in [-0.15, -0.1) is 0 Å². The molecule has 6 nitrogen and oxygen atoms in total. The second-order valence-electron chi connectivity index (χ2n) is 8.86. The van der Waals surface area contributed by atoms with Gasteiger partial charge < -0.3 is 15.0 Å². The highest BCUT2D eigenvalue weighted by Crippen LogP contribution is 2.21. The molecule has 0 fully saturated rings. The van der Waals surface area contributed by atoms with Gasteiger partial charge in [-0.2, -0.15) is 5.10 Å². The molecule has 0 radical (unpaired) electrons. The first-order valence-electron chi connectivity index (χ1n) is 13.1. The zero-order chi connectivity index (χ0) is 27.8. The fourth-order valence-corrected chi connectivity index (χ4v) is 4.30. The van der Waals surface area contributed by atoms with Crippen LogP contribution in [-0.4, -0.2) is 42.8 Å². The molecule has 0 aliphatic heterocycles. The second kappa shape index (κ2) is 17.7. The van der Waals surface area contributed by atoms with Crippen molar-refractivity contribution in [2.45, 2.75) is 53.0 Å². The van der Waals surface area contributed by atoms with E-state index in [4.69, 9.17) is 27.9 Å².